The number of anilines is 1. The van der Waals surface area contributed by atoms with Crippen molar-refractivity contribution in [3.05, 3.63) is 198 Å². The van der Waals surface area contributed by atoms with Crippen molar-refractivity contribution in [2.75, 3.05) is 17.6 Å². The Labute approximate surface area is 314 Å². The summed E-state index contributed by atoms with van der Waals surface area (Å²) in [6.45, 7) is 17.2. The van der Waals surface area contributed by atoms with Gasteiger partial charge < -0.3 is 10.3 Å². The number of rotatable bonds is 7. The standard InChI is InChI=1S/C29H29N.C18H17NS.C2H4/c1-2-3-9-25(23-10-5-4-6-11-23)20-21-30-29-18-16-26(17-19-29)28-15-14-24-12-7-8-13-27(24)22-28;1-13-7-5-6-10-20-12-18-16(11-14(13)2)15-8-3-4-9-17(15)19-18;1-2/h3-6,8-11,13-20,22,30H,2,7,12,21H2,1H3;3-5,7-9,11-12,19H,1-2,6,10H2;1-2H2/b9-3-,25-20+;7-5-,16-11-,18-12+;. The Kier molecular flexibility index (Phi) is 14.3. The molecule has 2 N–H and O–H groups in total. The molecule has 1 aliphatic heterocycles. The molecule has 1 aromatic heterocycles. The van der Waals surface area contributed by atoms with Crippen molar-refractivity contribution >= 4 is 51.5 Å². The molecule has 5 aromatic rings. The lowest BCUT2D eigenvalue weighted by atomic mass is 9.93. The zero-order chi connectivity index (χ0) is 36.5. The fraction of sp³-hybridized carbons (Fsp3) is 0.143. The summed E-state index contributed by atoms with van der Waals surface area (Å²) in [5, 5.41) is 9.33. The predicted octanol–water partition coefficient (Wildman–Crippen LogP) is 12.1. The number of para-hydroxylation sites is 1. The van der Waals surface area contributed by atoms with E-state index in [1.54, 1.807) is 0 Å². The molecule has 262 valence electrons. The van der Waals surface area contributed by atoms with Crippen LogP contribution in [0.15, 0.2) is 171 Å². The van der Waals surface area contributed by atoms with Crippen molar-refractivity contribution < 1.29 is 0 Å². The van der Waals surface area contributed by atoms with Gasteiger partial charge in [-0.25, -0.2) is 0 Å². The first-order chi connectivity index (χ1) is 25.6. The normalized spacial score (nSPS) is 16.0. The van der Waals surface area contributed by atoms with Gasteiger partial charge in [-0.1, -0.05) is 135 Å². The van der Waals surface area contributed by atoms with Gasteiger partial charge in [0, 0.05) is 34.1 Å². The summed E-state index contributed by atoms with van der Waals surface area (Å²) in [4.78, 5) is 3.49. The number of thioether (sulfide) groups is 1. The van der Waals surface area contributed by atoms with Gasteiger partial charge in [0.05, 0.1) is 5.35 Å². The van der Waals surface area contributed by atoms with E-state index in [-0.39, 0.29) is 0 Å². The Morgan fingerprint density at radius 2 is 1.58 bits per heavy atom. The van der Waals surface area contributed by atoms with Gasteiger partial charge >= 0.3 is 0 Å². The number of allylic oxidation sites excluding steroid dienone is 8. The Balaban J connectivity index is 0.000000206. The fourth-order valence-electron chi connectivity index (χ4n) is 6.13. The molecule has 52 heavy (non-hydrogen) atoms. The van der Waals surface area contributed by atoms with Gasteiger partial charge in [0.25, 0.3) is 0 Å². The molecule has 1 aliphatic carbocycles. The zero-order valence-corrected chi connectivity index (χ0v) is 31.2. The van der Waals surface area contributed by atoms with Crippen LogP contribution in [0.5, 0.6) is 0 Å². The van der Waals surface area contributed by atoms with Crippen molar-refractivity contribution in [2.45, 2.75) is 32.6 Å². The van der Waals surface area contributed by atoms with Crippen LogP contribution in [-0.2, 0) is 6.42 Å². The van der Waals surface area contributed by atoms with Crippen molar-refractivity contribution in [2.24, 2.45) is 0 Å². The van der Waals surface area contributed by atoms with E-state index in [9.17, 15) is 0 Å². The first-order valence-electron chi connectivity index (χ1n) is 18.1. The highest BCUT2D eigenvalue weighted by molar-refractivity contribution is 8.06. The number of hydrogen-bond acceptors (Lipinski definition) is 2. The number of hydrogen-bond donors (Lipinski definition) is 2. The Morgan fingerprint density at radius 1 is 0.827 bits per heavy atom. The molecule has 2 nitrogen and oxygen atoms in total. The molecule has 0 spiro atoms. The molecule has 4 aromatic carbocycles. The third-order valence-electron chi connectivity index (χ3n) is 8.94. The van der Waals surface area contributed by atoms with Crippen LogP contribution in [-0.4, -0.2) is 17.3 Å². The number of aromatic nitrogens is 1. The van der Waals surface area contributed by atoms with Crippen LogP contribution in [0.25, 0.3) is 45.2 Å². The smallest absolute Gasteiger partial charge is 0.0529 e. The van der Waals surface area contributed by atoms with Crippen LogP contribution >= 0.6 is 11.8 Å². The van der Waals surface area contributed by atoms with Crippen LogP contribution in [0.3, 0.4) is 0 Å². The average molecular weight is 699 g/mol. The minimum Gasteiger partial charge on any atom is -0.382 e. The fourth-order valence-corrected chi connectivity index (χ4v) is 6.88. The van der Waals surface area contributed by atoms with Gasteiger partial charge in [0.2, 0.25) is 0 Å². The van der Waals surface area contributed by atoms with Crippen LogP contribution in [0.2, 0.25) is 0 Å². The van der Waals surface area contributed by atoms with E-state index in [0.29, 0.717) is 0 Å². The van der Waals surface area contributed by atoms with Gasteiger partial charge in [0.15, 0.2) is 0 Å². The van der Waals surface area contributed by atoms with Crippen molar-refractivity contribution in [3.8, 4) is 11.1 Å². The number of aromatic amines is 1. The molecule has 7 rings (SSSR count). The summed E-state index contributed by atoms with van der Waals surface area (Å²) in [6, 6.07) is 34.5. The first kappa shape index (κ1) is 37.7. The summed E-state index contributed by atoms with van der Waals surface area (Å²) < 4.78 is 0. The molecule has 2 aliphatic rings. The van der Waals surface area contributed by atoms with E-state index in [0.717, 1.165) is 65.7 Å². The van der Waals surface area contributed by atoms with Crippen LogP contribution in [0.4, 0.5) is 5.69 Å². The molecule has 0 amide bonds. The van der Waals surface area contributed by atoms with Crippen molar-refractivity contribution in [1.29, 1.82) is 0 Å². The van der Waals surface area contributed by atoms with E-state index in [1.807, 2.05) is 11.8 Å². The molecule has 0 fully saturated rings. The van der Waals surface area contributed by atoms with Crippen LogP contribution in [0.1, 0.15) is 42.9 Å². The quantitative estimate of drug-likeness (QED) is 0.131. The van der Waals surface area contributed by atoms with Crippen molar-refractivity contribution in [1.82, 2.24) is 4.98 Å². The molecule has 0 saturated heterocycles. The van der Waals surface area contributed by atoms with Crippen molar-refractivity contribution in [3.63, 3.8) is 0 Å². The number of H-pyrrole nitrogens is 1. The minimum absolute atomic E-state index is 0.793. The monoisotopic (exact) mass is 698 g/mol. The Morgan fingerprint density at radius 3 is 2.38 bits per heavy atom. The second-order valence-electron chi connectivity index (χ2n) is 12.5. The number of aryl methyl sites for hydroxylation is 1. The highest BCUT2D eigenvalue weighted by atomic mass is 32.2. The summed E-state index contributed by atoms with van der Waals surface area (Å²) in [6.07, 6.45) is 22.0. The molecule has 0 radical (unpaired) electrons. The number of nitrogens with one attached hydrogen (secondary N) is 2. The third kappa shape index (κ3) is 10.3. The largest absolute Gasteiger partial charge is 0.382 e. The van der Waals surface area contributed by atoms with Gasteiger partial charge in [-0.15, -0.1) is 24.9 Å². The second kappa shape index (κ2) is 19.8. The maximum Gasteiger partial charge on any atom is 0.0529 e. The van der Waals surface area contributed by atoms with Gasteiger partial charge in [-0.3, -0.25) is 0 Å². The second-order valence-corrected chi connectivity index (χ2v) is 13.5. The maximum absolute atomic E-state index is 4.14. The lowest BCUT2D eigenvalue weighted by Gasteiger charge is -2.12. The highest BCUT2D eigenvalue weighted by Gasteiger charge is 2.07. The molecular formula is C49H50N2S. The lowest BCUT2D eigenvalue weighted by Crippen LogP contribution is -2.22. The summed E-state index contributed by atoms with van der Waals surface area (Å²) >= 11 is 1.83. The molecule has 2 heterocycles. The molecule has 0 saturated carbocycles. The summed E-state index contributed by atoms with van der Waals surface area (Å²) in [7, 11) is 0. The SMILES string of the molecule is C=C.C=C1/C=C\CCS/C=c2/[nH]c3ccccc3/c2=C/C1=C.CC/C=C\C(=C/CNc1ccc(-c2ccc3c(c2)C=CCC3)cc1)c1ccccc1. The van der Waals surface area contributed by atoms with E-state index in [2.05, 4.69) is 195 Å². The molecule has 0 bridgehead atoms. The summed E-state index contributed by atoms with van der Waals surface area (Å²) in [5.74, 6) is 1.07. The average Bonchev–Trinajstić information content (AvgIpc) is 3.54. The van der Waals surface area contributed by atoms with Gasteiger partial charge in [-0.2, -0.15) is 0 Å². The zero-order valence-electron chi connectivity index (χ0n) is 30.4. The molecule has 3 heteroatoms. The van der Waals surface area contributed by atoms with E-state index in [1.165, 1.54) is 44.0 Å². The Hall–Kier alpha value is -5.51. The number of fused-ring (bicyclic) bond motifs is 4. The highest BCUT2D eigenvalue weighted by Crippen LogP contribution is 2.27. The molecular weight excluding hydrogens is 649 g/mol. The van der Waals surface area contributed by atoms with E-state index in [4.69, 9.17) is 0 Å². The van der Waals surface area contributed by atoms with Gasteiger partial charge in [0.1, 0.15) is 0 Å². The molecule has 0 atom stereocenters. The van der Waals surface area contributed by atoms with E-state index >= 15 is 0 Å². The maximum atomic E-state index is 4.14. The number of benzene rings is 4. The minimum atomic E-state index is 0.793. The van der Waals surface area contributed by atoms with Gasteiger partial charge in [-0.05, 0) is 106 Å². The molecule has 0 unspecified atom stereocenters. The summed E-state index contributed by atoms with van der Waals surface area (Å²) in [5.41, 5.74) is 12.1. The van der Waals surface area contributed by atoms with Crippen LogP contribution in [0, 0.1) is 0 Å². The topological polar surface area (TPSA) is 27.8 Å². The first-order valence-corrected chi connectivity index (χ1v) is 19.1. The van der Waals surface area contributed by atoms with E-state index < -0.39 is 0 Å². The van der Waals surface area contributed by atoms with Crippen LogP contribution < -0.4 is 15.9 Å². The Bertz CT molecular complexity index is 2210. The predicted molar refractivity (Wildman–Crippen MR) is 234 cm³/mol. The lowest BCUT2D eigenvalue weighted by molar-refractivity contribution is 0.986. The third-order valence-corrected chi connectivity index (χ3v) is 9.81.